The van der Waals surface area contributed by atoms with E-state index in [1.165, 1.54) is 5.56 Å². The molecule has 0 spiro atoms. The topological polar surface area (TPSA) is 24.1 Å². The third-order valence-corrected chi connectivity index (χ3v) is 3.52. The zero-order chi connectivity index (χ0) is 13.4. The van der Waals surface area contributed by atoms with Crippen LogP contribution in [0.1, 0.15) is 50.8 Å². The van der Waals surface area contributed by atoms with E-state index in [4.69, 9.17) is 0 Å². The number of nitrogens with zero attached hydrogens (tertiary/aromatic N) is 1. The number of hydrogen-bond acceptors (Lipinski definition) is 1. The lowest BCUT2D eigenvalue weighted by Gasteiger charge is -2.13. The molecule has 2 nitrogen and oxygen atoms in total. The Balaban J connectivity index is 2.91. The van der Waals surface area contributed by atoms with Gasteiger partial charge in [0.15, 0.2) is 18.0 Å². The van der Waals surface area contributed by atoms with Gasteiger partial charge in [-0.3, -0.25) is 0 Å². The molecule has 1 aromatic heterocycles. The molecule has 2 aromatic rings. The number of phenolic OH excluding ortho intramolecular Hbond substituents is 1. The normalized spacial score (nSPS) is 11.7. The van der Waals surface area contributed by atoms with Gasteiger partial charge in [0.1, 0.15) is 0 Å². The molecule has 0 bridgehead atoms. The first-order valence-corrected chi connectivity index (χ1v) is 6.59. The van der Waals surface area contributed by atoms with E-state index in [0.717, 1.165) is 16.5 Å². The van der Waals surface area contributed by atoms with Gasteiger partial charge in [-0.1, -0.05) is 19.9 Å². The minimum Gasteiger partial charge on any atom is -0.502 e. The Morgan fingerprint density at radius 2 is 1.72 bits per heavy atom. The summed E-state index contributed by atoms with van der Waals surface area (Å²) in [4.78, 5) is 0. The predicted molar refractivity (Wildman–Crippen MR) is 75.0 cm³/mol. The van der Waals surface area contributed by atoms with Crippen molar-refractivity contribution >= 4 is 10.9 Å². The number of hydrogen-bond donors (Lipinski definition) is 1. The van der Waals surface area contributed by atoms with Crippen molar-refractivity contribution in [3.63, 3.8) is 0 Å². The molecule has 0 saturated heterocycles. The van der Waals surface area contributed by atoms with Crippen molar-refractivity contribution in [2.75, 3.05) is 0 Å². The maximum atomic E-state index is 10.4. The van der Waals surface area contributed by atoms with Gasteiger partial charge in [-0.25, -0.2) is 0 Å². The summed E-state index contributed by atoms with van der Waals surface area (Å²) in [5.41, 5.74) is 3.17. The molecule has 0 aliphatic carbocycles. The molecule has 0 unspecified atom stereocenters. The first-order chi connectivity index (χ1) is 8.43. The van der Waals surface area contributed by atoms with Crippen molar-refractivity contribution in [1.29, 1.82) is 0 Å². The Hall–Kier alpha value is -1.57. The van der Waals surface area contributed by atoms with Crippen LogP contribution in [0.15, 0.2) is 24.4 Å². The van der Waals surface area contributed by atoms with Crippen molar-refractivity contribution < 1.29 is 9.67 Å². The number of fused-ring (bicyclic) bond motifs is 1. The van der Waals surface area contributed by atoms with Gasteiger partial charge in [0, 0.05) is 6.07 Å². The molecule has 1 aromatic carbocycles. The summed E-state index contributed by atoms with van der Waals surface area (Å²) in [7, 11) is 0. The van der Waals surface area contributed by atoms with Crippen molar-refractivity contribution in [1.82, 2.24) is 0 Å². The Labute approximate surface area is 109 Å². The zero-order valence-corrected chi connectivity index (χ0v) is 11.9. The summed E-state index contributed by atoms with van der Waals surface area (Å²) < 4.78 is 2.14. The second-order valence-electron chi connectivity index (χ2n) is 5.55. The fourth-order valence-corrected chi connectivity index (χ4v) is 2.43. The van der Waals surface area contributed by atoms with E-state index in [9.17, 15) is 5.11 Å². The van der Waals surface area contributed by atoms with E-state index in [2.05, 4.69) is 50.6 Å². The standard InChI is InChI=1S/C16H21NO/c1-10(2)13-8-9-17(11(3)4)15-14(13)7-6-12(5)16(15)18/h6-11H,1-5H3/p+1. The molecule has 1 heterocycles. The van der Waals surface area contributed by atoms with Crippen LogP contribution in [0.25, 0.3) is 10.9 Å². The molecule has 1 N–H and O–H groups in total. The van der Waals surface area contributed by atoms with Crippen LogP contribution in [-0.4, -0.2) is 5.11 Å². The molecule has 0 fully saturated rings. The number of phenols is 1. The fraction of sp³-hybridized carbons (Fsp3) is 0.438. The molecule has 96 valence electrons. The van der Waals surface area contributed by atoms with E-state index >= 15 is 0 Å². The SMILES string of the molecule is Cc1ccc2c(C(C)C)cc[n+](C(C)C)c2c1O. The van der Waals surface area contributed by atoms with E-state index in [0.29, 0.717) is 17.7 Å². The minimum absolute atomic E-state index is 0.335. The maximum absolute atomic E-state index is 10.4. The largest absolute Gasteiger partial charge is 0.502 e. The Bertz CT molecular complexity index is 585. The van der Waals surface area contributed by atoms with Crippen LogP contribution >= 0.6 is 0 Å². The van der Waals surface area contributed by atoms with Crippen LogP contribution in [0.3, 0.4) is 0 Å². The third kappa shape index (κ3) is 1.96. The average molecular weight is 244 g/mol. The van der Waals surface area contributed by atoms with Gasteiger partial charge in [-0.05, 0) is 43.9 Å². The lowest BCUT2D eigenvalue weighted by molar-refractivity contribution is -0.691. The van der Waals surface area contributed by atoms with E-state index in [-0.39, 0.29) is 0 Å². The van der Waals surface area contributed by atoms with Gasteiger partial charge in [-0.15, -0.1) is 0 Å². The quantitative estimate of drug-likeness (QED) is 0.797. The molecule has 2 rings (SSSR count). The first-order valence-electron chi connectivity index (χ1n) is 6.59. The van der Waals surface area contributed by atoms with Gasteiger partial charge in [0.05, 0.1) is 5.39 Å². The Morgan fingerprint density at radius 3 is 2.28 bits per heavy atom. The van der Waals surface area contributed by atoms with E-state index in [1.54, 1.807) is 0 Å². The number of aryl methyl sites for hydroxylation is 1. The molecule has 0 radical (unpaired) electrons. The van der Waals surface area contributed by atoms with Crippen LogP contribution in [0.5, 0.6) is 5.75 Å². The smallest absolute Gasteiger partial charge is 0.255 e. The highest BCUT2D eigenvalue weighted by Crippen LogP contribution is 2.31. The summed E-state index contributed by atoms with van der Waals surface area (Å²) in [6, 6.07) is 6.62. The van der Waals surface area contributed by atoms with E-state index in [1.807, 2.05) is 13.0 Å². The third-order valence-electron chi connectivity index (χ3n) is 3.52. The second kappa shape index (κ2) is 4.60. The van der Waals surface area contributed by atoms with Crippen molar-refractivity contribution in [3.8, 4) is 5.75 Å². The molecule has 0 saturated carbocycles. The predicted octanol–water partition coefficient (Wildman–Crippen LogP) is 3.85. The van der Waals surface area contributed by atoms with Crippen LogP contribution in [0.2, 0.25) is 0 Å². The molecular weight excluding hydrogens is 222 g/mol. The summed E-state index contributed by atoms with van der Waals surface area (Å²) in [5.74, 6) is 0.861. The zero-order valence-electron chi connectivity index (χ0n) is 11.9. The first kappa shape index (κ1) is 12.9. The number of benzene rings is 1. The summed E-state index contributed by atoms with van der Waals surface area (Å²) in [6.07, 6.45) is 2.08. The highest BCUT2D eigenvalue weighted by atomic mass is 16.3. The van der Waals surface area contributed by atoms with Gasteiger partial charge in [-0.2, -0.15) is 4.57 Å². The summed E-state index contributed by atoms with van der Waals surface area (Å²) in [6.45, 7) is 10.6. The van der Waals surface area contributed by atoms with Crippen molar-refractivity contribution in [2.24, 2.45) is 0 Å². The van der Waals surface area contributed by atoms with Crippen molar-refractivity contribution in [2.45, 2.75) is 46.6 Å². The molecular formula is C16H22NO+. The fourth-order valence-electron chi connectivity index (χ4n) is 2.43. The monoisotopic (exact) mass is 244 g/mol. The van der Waals surface area contributed by atoms with Crippen molar-refractivity contribution in [3.05, 3.63) is 35.5 Å². The van der Waals surface area contributed by atoms with Gasteiger partial charge < -0.3 is 5.11 Å². The van der Waals surface area contributed by atoms with Crippen LogP contribution in [-0.2, 0) is 0 Å². The second-order valence-corrected chi connectivity index (χ2v) is 5.55. The number of aromatic nitrogens is 1. The molecule has 2 heteroatoms. The molecule has 18 heavy (non-hydrogen) atoms. The van der Waals surface area contributed by atoms with Crippen LogP contribution in [0, 0.1) is 6.92 Å². The number of aromatic hydroxyl groups is 1. The highest BCUT2D eigenvalue weighted by Gasteiger charge is 2.21. The lowest BCUT2D eigenvalue weighted by Crippen LogP contribution is -2.37. The molecule has 0 aliphatic rings. The Morgan fingerprint density at radius 1 is 1.06 bits per heavy atom. The van der Waals surface area contributed by atoms with Crippen LogP contribution < -0.4 is 4.57 Å². The van der Waals surface area contributed by atoms with Gasteiger partial charge in [0.25, 0.3) is 5.52 Å². The minimum atomic E-state index is 0.335. The molecule has 0 amide bonds. The van der Waals surface area contributed by atoms with Gasteiger partial charge >= 0.3 is 0 Å². The Kier molecular flexibility index (Phi) is 3.29. The number of pyridine rings is 1. The maximum Gasteiger partial charge on any atom is 0.255 e. The van der Waals surface area contributed by atoms with E-state index < -0.39 is 0 Å². The number of rotatable bonds is 2. The average Bonchev–Trinajstić information content (AvgIpc) is 2.32. The lowest BCUT2D eigenvalue weighted by atomic mass is 9.97. The van der Waals surface area contributed by atoms with Gasteiger partial charge in [0.2, 0.25) is 0 Å². The van der Waals surface area contributed by atoms with Crippen LogP contribution in [0.4, 0.5) is 0 Å². The molecule has 0 atom stereocenters. The highest BCUT2D eigenvalue weighted by molar-refractivity contribution is 5.86. The molecule has 0 aliphatic heterocycles. The summed E-state index contributed by atoms with van der Waals surface area (Å²) >= 11 is 0. The summed E-state index contributed by atoms with van der Waals surface area (Å²) in [5, 5.41) is 11.5.